The zero-order valence-electron chi connectivity index (χ0n) is 31.3. The van der Waals surface area contributed by atoms with Crippen LogP contribution in [0.25, 0.3) is 0 Å². The summed E-state index contributed by atoms with van der Waals surface area (Å²) in [6.45, 7) is 23.4. The lowest BCUT2D eigenvalue weighted by Crippen LogP contribution is -2.43. The van der Waals surface area contributed by atoms with Gasteiger partial charge in [-0.2, -0.15) is 0 Å². The number of ether oxygens (including phenoxy) is 6. The Morgan fingerprint density at radius 3 is 1.30 bits per heavy atom. The van der Waals surface area contributed by atoms with Crippen molar-refractivity contribution in [2.45, 2.75) is 173 Å². The summed E-state index contributed by atoms with van der Waals surface area (Å²) in [5.41, 5.74) is 3.09. The summed E-state index contributed by atoms with van der Waals surface area (Å²) in [6.07, 6.45) is 3.25. The van der Waals surface area contributed by atoms with Gasteiger partial charge in [0.1, 0.15) is 5.72 Å². The minimum Gasteiger partial charge on any atom is -0.396 e. The largest absolute Gasteiger partial charge is 0.396 e. The van der Waals surface area contributed by atoms with Gasteiger partial charge in [0.15, 0.2) is 0 Å². The van der Waals surface area contributed by atoms with Gasteiger partial charge < -0.3 is 54.6 Å². The van der Waals surface area contributed by atoms with Crippen LogP contribution in [-0.4, -0.2) is 119 Å². The normalized spacial score (nSPS) is 16.4. The van der Waals surface area contributed by atoms with E-state index in [1.165, 1.54) is 0 Å². The van der Waals surface area contributed by atoms with Crippen LogP contribution in [0.3, 0.4) is 0 Å². The highest BCUT2D eigenvalue weighted by Gasteiger charge is 2.31. The number of aliphatic hydroxyl groups excluding tert-OH is 4. The third-order valence-corrected chi connectivity index (χ3v) is 8.57. The average Bonchev–Trinajstić information content (AvgIpc) is 2.91. The number of hydrogen-bond acceptors (Lipinski definition) is 11. The van der Waals surface area contributed by atoms with E-state index in [0.29, 0.717) is 65.0 Å². The van der Waals surface area contributed by atoms with Gasteiger partial charge in [0.25, 0.3) is 0 Å². The smallest absolute Gasteiger partial charge is 0.116 e. The molecular formula is C35H73NO10. The first-order chi connectivity index (χ1) is 21.1. The lowest BCUT2D eigenvalue weighted by atomic mass is 9.93. The molecule has 0 aliphatic rings. The van der Waals surface area contributed by atoms with E-state index >= 15 is 0 Å². The van der Waals surface area contributed by atoms with Crippen molar-refractivity contribution >= 4 is 0 Å². The summed E-state index contributed by atoms with van der Waals surface area (Å²) < 4.78 is 36.1. The Labute approximate surface area is 280 Å². The maximum absolute atomic E-state index is 10.5. The molecule has 0 saturated heterocycles. The predicted octanol–water partition coefficient (Wildman–Crippen LogP) is 4.48. The molecule has 3 atom stereocenters. The van der Waals surface area contributed by atoms with Crippen molar-refractivity contribution in [1.82, 2.24) is 0 Å². The molecule has 46 heavy (non-hydrogen) atoms. The Bertz CT molecular complexity index is 783. The van der Waals surface area contributed by atoms with Crippen molar-refractivity contribution in [3.8, 4) is 0 Å². The van der Waals surface area contributed by atoms with Gasteiger partial charge in [-0.1, -0.05) is 13.8 Å². The monoisotopic (exact) mass is 668 g/mol. The van der Waals surface area contributed by atoms with Crippen molar-refractivity contribution in [1.29, 1.82) is 0 Å². The maximum atomic E-state index is 10.5. The highest BCUT2D eigenvalue weighted by atomic mass is 16.6. The summed E-state index contributed by atoms with van der Waals surface area (Å²) in [7, 11) is 0. The molecule has 0 aromatic carbocycles. The fourth-order valence-corrected chi connectivity index (χ4v) is 5.23. The molecule has 0 heterocycles. The first-order valence-corrected chi connectivity index (χ1v) is 17.3. The summed E-state index contributed by atoms with van der Waals surface area (Å²) in [6, 6.07) is 0. The Hall–Kier alpha value is -0.440. The fraction of sp³-hybridized carbons (Fsp3) is 1.00. The minimum atomic E-state index is -0.885. The van der Waals surface area contributed by atoms with Crippen molar-refractivity contribution in [3.05, 3.63) is 0 Å². The lowest BCUT2D eigenvalue weighted by Gasteiger charge is -2.35. The number of aliphatic hydroxyl groups is 4. The van der Waals surface area contributed by atoms with Crippen molar-refractivity contribution < 1.29 is 48.8 Å². The molecule has 0 saturated carbocycles. The number of rotatable bonds is 29. The topological polar surface area (TPSA) is 162 Å². The molecule has 0 bridgehead atoms. The van der Waals surface area contributed by atoms with Gasteiger partial charge in [-0.25, -0.2) is 0 Å². The van der Waals surface area contributed by atoms with E-state index in [2.05, 4.69) is 13.8 Å². The van der Waals surface area contributed by atoms with Crippen LogP contribution >= 0.6 is 0 Å². The van der Waals surface area contributed by atoms with Crippen molar-refractivity contribution in [2.24, 2.45) is 5.73 Å². The van der Waals surface area contributed by atoms with Crippen LogP contribution in [-0.2, 0) is 28.4 Å². The number of nitrogens with two attached hydrogens (primary N) is 1. The molecule has 0 radical (unpaired) electrons. The Balaban J connectivity index is 4.60. The minimum absolute atomic E-state index is 0.0345. The van der Waals surface area contributed by atoms with E-state index in [-0.39, 0.29) is 32.0 Å². The zero-order chi connectivity index (χ0) is 35.7. The maximum Gasteiger partial charge on any atom is 0.116 e. The second-order valence-electron chi connectivity index (χ2n) is 15.4. The molecule has 0 aromatic heterocycles. The fourth-order valence-electron chi connectivity index (χ4n) is 5.23. The zero-order valence-corrected chi connectivity index (χ0v) is 31.3. The van der Waals surface area contributed by atoms with Crippen LogP contribution in [0.4, 0.5) is 0 Å². The molecule has 0 aliphatic carbocycles. The Morgan fingerprint density at radius 2 is 0.891 bits per heavy atom. The van der Waals surface area contributed by atoms with E-state index in [0.717, 1.165) is 12.8 Å². The molecule has 0 rings (SSSR count). The van der Waals surface area contributed by atoms with Crippen LogP contribution in [0.5, 0.6) is 0 Å². The van der Waals surface area contributed by atoms with Crippen LogP contribution in [0, 0.1) is 0 Å². The van der Waals surface area contributed by atoms with Gasteiger partial charge in [-0.15, -0.1) is 0 Å². The first kappa shape index (κ1) is 45.6. The van der Waals surface area contributed by atoms with Gasteiger partial charge >= 0.3 is 0 Å². The van der Waals surface area contributed by atoms with E-state index in [9.17, 15) is 10.2 Å². The molecule has 3 unspecified atom stereocenters. The quantitative estimate of drug-likeness (QED) is 0.0565. The van der Waals surface area contributed by atoms with E-state index in [1.54, 1.807) is 0 Å². The molecular weight excluding hydrogens is 594 g/mol. The van der Waals surface area contributed by atoms with Gasteiger partial charge in [0, 0.05) is 32.5 Å². The first-order valence-electron chi connectivity index (χ1n) is 17.3. The van der Waals surface area contributed by atoms with E-state index in [1.807, 2.05) is 62.3 Å². The molecule has 6 N–H and O–H groups in total. The molecule has 0 aliphatic heterocycles. The molecule has 0 amide bonds. The summed E-state index contributed by atoms with van der Waals surface area (Å²) in [5, 5.41) is 39.3. The average molecular weight is 668 g/mol. The highest BCUT2D eigenvalue weighted by Crippen LogP contribution is 2.27. The van der Waals surface area contributed by atoms with Crippen LogP contribution in [0.2, 0.25) is 0 Å². The second kappa shape index (κ2) is 20.9. The molecule has 0 aromatic rings. The third-order valence-electron chi connectivity index (χ3n) is 8.57. The summed E-state index contributed by atoms with van der Waals surface area (Å²) in [5.74, 6) is 0. The van der Waals surface area contributed by atoms with Gasteiger partial charge in [-0.3, -0.25) is 0 Å². The van der Waals surface area contributed by atoms with Crippen LogP contribution in [0.1, 0.15) is 128 Å². The molecule has 11 heteroatoms. The molecule has 278 valence electrons. The Kier molecular flexibility index (Phi) is 20.7. The number of hydrogen-bond donors (Lipinski definition) is 5. The van der Waals surface area contributed by atoms with Gasteiger partial charge in [-0.05, 0) is 94.4 Å². The summed E-state index contributed by atoms with van der Waals surface area (Å²) >= 11 is 0. The van der Waals surface area contributed by atoms with Crippen molar-refractivity contribution in [2.75, 3.05) is 52.9 Å². The van der Waals surface area contributed by atoms with Gasteiger partial charge in [0.2, 0.25) is 0 Å². The SMILES string of the molecule is CCC(CC)(CCOC(C)(N)CCOC(C)(C)CC(O)COC(C)(C)CCO)OCCOC(C)(C)CC(O)COC(C)(C)CCO. The van der Waals surface area contributed by atoms with Crippen molar-refractivity contribution in [3.63, 3.8) is 0 Å². The molecule has 0 spiro atoms. The standard InChI is InChI=1S/C35H73NO10/c1-12-35(13-2,44-23-22-42-33(9,10)25-29(40)27-46-31(5,6)15-19-38)17-21-43-34(11,36)16-20-41-32(7,8)24-28(39)26-45-30(3,4)14-18-37/h28-29,37-40H,12-27,36H2,1-11H3. The van der Waals surface area contributed by atoms with E-state index in [4.69, 9.17) is 44.4 Å². The Morgan fingerprint density at radius 1 is 0.500 bits per heavy atom. The second-order valence-corrected chi connectivity index (χ2v) is 15.4. The van der Waals surface area contributed by atoms with Gasteiger partial charge in [0.05, 0.1) is 79.9 Å². The predicted molar refractivity (Wildman–Crippen MR) is 182 cm³/mol. The van der Waals surface area contributed by atoms with Crippen LogP contribution in [0.15, 0.2) is 0 Å². The summed E-state index contributed by atoms with van der Waals surface area (Å²) in [4.78, 5) is 0. The molecule has 11 nitrogen and oxygen atoms in total. The lowest BCUT2D eigenvalue weighted by molar-refractivity contribution is -0.135. The van der Waals surface area contributed by atoms with E-state index < -0.39 is 40.3 Å². The third kappa shape index (κ3) is 21.5. The van der Waals surface area contributed by atoms with Crippen LogP contribution < -0.4 is 5.73 Å². The highest BCUT2D eigenvalue weighted by molar-refractivity contribution is 4.81. The molecule has 0 fully saturated rings.